The summed E-state index contributed by atoms with van der Waals surface area (Å²) in [6, 6.07) is 4.99. The molecule has 0 aliphatic heterocycles. The van der Waals surface area contributed by atoms with Gasteiger partial charge >= 0.3 is 6.03 Å². The SMILES string of the molecule is CS(=O)(=O)[C@@H]1CCC[C@@H](NC(=O)Nc2cccc(F)c2)C1. The number of hydrogen-bond acceptors (Lipinski definition) is 3. The molecule has 7 heteroatoms. The van der Waals surface area contributed by atoms with Gasteiger partial charge in [0.15, 0.2) is 0 Å². The van der Waals surface area contributed by atoms with Crippen molar-refractivity contribution in [1.29, 1.82) is 0 Å². The number of hydrogen-bond donors (Lipinski definition) is 2. The minimum absolute atomic E-state index is 0.174. The van der Waals surface area contributed by atoms with Gasteiger partial charge in [-0.15, -0.1) is 0 Å². The van der Waals surface area contributed by atoms with Gasteiger partial charge in [0.25, 0.3) is 0 Å². The van der Waals surface area contributed by atoms with Crippen molar-refractivity contribution in [2.24, 2.45) is 0 Å². The molecule has 2 rings (SSSR count). The lowest BCUT2D eigenvalue weighted by Gasteiger charge is -2.28. The second kappa shape index (κ2) is 6.43. The van der Waals surface area contributed by atoms with Crippen LogP contribution >= 0.6 is 0 Å². The molecule has 0 spiro atoms. The Hall–Kier alpha value is -1.63. The third-order valence-electron chi connectivity index (χ3n) is 3.65. The van der Waals surface area contributed by atoms with Crippen LogP contribution in [0.25, 0.3) is 0 Å². The molecule has 2 amide bonds. The zero-order chi connectivity index (χ0) is 15.5. The van der Waals surface area contributed by atoms with Crippen LogP contribution < -0.4 is 10.6 Å². The van der Waals surface area contributed by atoms with Crippen LogP contribution in [-0.2, 0) is 9.84 Å². The number of rotatable bonds is 3. The van der Waals surface area contributed by atoms with E-state index >= 15 is 0 Å². The molecule has 2 N–H and O–H groups in total. The number of carbonyl (C=O) groups is 1. The fourth-order valence-electron chi connectivity index (χ4n) is 2.58. The number of anilines is 1. The molecule has 1 aromatic carbocycles. The molecule has 116 valence electrons. The van der Waals surface area contributed by atoms with E-state index in [0.29, 0.717) is 18.5 Å². The first-order chi connectivity index (χ1) is 9.84. The van der Waals surface area contributed by atoms with Crippen molar-refractivity contribution >= 4 is 21.6 Å². The predicted octanol–water partition coefficient (Wildman–Crippen LogP) is 2.30. The third-order valence-corrected chi connectivity index (χ3v) is 5.29. The first-order valence-electron chi connectivity index (χ1n) is 6.86. The van der Waals surface area contributed by atoms with Crippen molar-refractivity contribution in [2.45, 2.75) is 37.0 Å². The van der Waals surface area contributed by atoms with Gasteiger partial charge in [0.1, 0.15) is 15.7 Å². The van der Waals surface area contributed by atoms with E-state index in [9.17, 15) is 17.6 Å². The van der Waals surface area contributed by atoms with Gasteiger partial charge in [0.05, 0.1) is 5.25 Å². The molecule has 1 fully saturated rings. The number of amides is 2. The Morgan fingerprint density at radius 2 is 2.10 bits per heavy atom. The van der Waals surface area contributed by atoms with Crippen LogP contribution in [-0.4, -0.2) is 32.0 Å². The van der Waals surface area contributed by atoms with Crippen molar-refractivity contribution in [2.75, 3.05) is 11.6 Å². The molecule has 1 saturated carbocycles. The van der Waals surface area contributed by atoms with Crippen LogP contribution in [0.1, 0.15) is 25.7 Å². The van der Waals surface area contributed by atoms with E-state index < -0.39 is 26.9 Å². The lowest BCUT2D eigenvalue weighted by Crippen LogP contribution is -2.43. The summed E-state index contributed by atoms with van der Waals surface area (Å²) < 4.78 is 36.2. The average Bonchev–Trinajstić information content (AvgIpc) is 2.37. The molecule has 0 radical (unpaired) electrons. The molecule has 0 saturated heterocycles. The van der Waals surface area contributed by atoms with E-state index in [2.05, 4.69) is 10.6 Å². The standard InChI is InChI=1S/C14H19FN2O3S/c1-21(19,20)13-7-3-6-12(9-13)17-14(18)16-11-5-2-4-10(15)8-11/h2,4-5,8,12-13H,3,6-7,9H2,1H3,(H2,16,17,18)/t12-,13-/m1/s1. The Balaban J connectivity index is 1.90. The minimum atomic E-state index is -3.08. The Kier molecular flexibility index (Phi) is 4.82. The van der Waals surface area contributed by atoms with Gasteiger partial charge < -0.3 is 10.6 Å². The Morgan fingerprint density at radius 1 is 1.33 bits per heavy atom. The van der Waals surface area contributed by atoms with Crippen molar-refractivity contribution < 1.29 is 17.6 Å². The molecule has 1 aliphatic carbocycles. The van der Waals surface area contributed by atoms with E-state index in [-0.39, 0.29) is 6.04 Å². The Bertz CT molecular complexity index is 618. The highest BCUT2D eigenvalue weighted by Crippen LogP contribution is 2.24. The molecule has 0 unspecified atom stereocenters. The monoisotopic (exact) mass is 314 g/mol. The molecule has 0 aromatic heterocycles. The van der Waals surface area contributed by atoms with Crippen LogP contribution in [0.5, 0.6) is 0 Å². The highest BCUT2D eigenvalue weighted by atomic mass is 32.2. The van der Waals surface area contributed by atoms with Crippen LogP contribution in [0.4, 0.5) is 14.9 Å². The van der Waals surface area contributed by atoms with Crippen LogP contribution in [0.15, 0.2) is 24.3 Å². The van der Waals surface area contributed by atoms with Gasteiger partial charge in [-0.2, -0.15) is 0 Å². The van der Waals surface area contributed by atoms with Crippen LogP contribution in [0.3, 0.4) is 0 Å². The van der Waals surface area contributed by atoms with Gasteiger partial charge in [-0.25, -0.2) is 17.6 Å². The molecule has 0 heterocycles. The summed E-state index contributed by atoms with van der Waals surface area (Å²) in [5.74, 6) is -0.428. The quantitative estimate of drug-likeness (QED) is 0.899. The third kappa shape index (κ3) is 4.70. The number of carbonyl (C=O) groups excluding carboxylic acids is 1. The van der Waals surface area contributed by atoms with E-state index in [0.717, 1.165) is 12.8 Å². The van der Waals surface area contributed by atoms with Gasteiger partial charge in [0.2, 0.25) is 0 Å². The lowest BCUT2D eigenvalue weighted by molar-refractivity contribution is 0.244. The number of urea groups is 1. The predicted molar refractivity (Wildman–Crippen MR) is 79.4 cm³/mol. The van der Waals surface area contributed by atoms with Gasteiger partial charge in [-0.3, -0.25) is 0 Å². The van der Waals surface area contributed by atoms with Crippen LogP contribution in [0, 0.1) is 5.82 Å². The summed E-state index contributed by atoms with van der Waals surface area (Å²) in [6.45, 7) is 0. The summed E-state index contributed by atoms with van der Waals surface area (Å²) in [4.78, 5) is 11.9. The summed E-state index contributed by atoms with van der Waals surface area (Å²) >= 11 is 0. The maximum Gasteiger partial charge on any atom is 0.319 e. The number of halogens is 1. The molecule has 5 nitrogen and oxygen atoms in total. The summed E-state index contributed by atoms with van der Waals surface area (Å²) in [6.07, 6.45) is 3.82. The number of nitrogens with one attached hydrogen (secondary N) is 2. The Morgan fingerprint density at radius 3 is 2.76 bits per heavy atom. The lowest BCUT2D eigenvalue weighted by atomic mass is 9.95. The fourth-order valence-corrected chi connectivity index (χ4v) is 3.76. The molecule has 1 aromatic rings. The molecular formula is C14H19FN2O3S. The first-order valence-corrected chi connectivity index (χ1v) is 8.82. The largest absolute Gasteiger partial charge is 0.335 e. The van der Waals surface area contributed by atoms with Crippen molar-refractivity contribution in [3.05, 3.63) is 30.1 Å². The normalized spacial score (nSPS) is 22.6. The van der Waals surface area contributed by atoms with Crippen molar-refractivity contribution in [3.8, 4) is 0 Å². The second-order valence-corrected chi connectivity index (χ2v) is 7.75. The molecule has 0 bridgehead atoms. The van der Waals surface area contributed by atoms with Crippen molar-refractivity contribution in [1.82, 2.24) is 5.32 Å². The number of benzene rings is 1. The average molecular weight is 314 g/mol. The summed E-state index contributed by atoms with van der Waals surface area (Å²) in [5.41, 5.74) is 0.364. The van der Waals surface area contributed by atoms with E-state index in [1.165, 1.54) is 24.5 Å². The smallest absolute Gasteiger partial charge is 0.319 e. The molecule has 2 atom stereocenters. The van der Waals surface area contributed by atoms with Gasteiger partial charge in [-0.1, -0.05) is 12.5 Å². The number of sulfone groups is 1. The topological polar surface area (TPSA) is 75.3 Å². The molecular weight excluding hydrogens is 295 g/mol. The van der Waals surface area contributed by atoms with Crippen LogP contribution in [0.2, 0.25) is 0 Å². The maximum absolute atomic E-state index is 13.0. The summed E-state index contributed by atoms with van der Waals surface area (Å²) in [5, 5.41) is 4.90. The zero-order valence-electron chi connectivity index (χ0n) is 11.8. The second-order valence-electron chi connectivity index (χ2n) is 5.42. The highest BCUT2D eigenvalue weighted by molar-refractivity contribution is 7.91. The van der Waals surface area contributed by atoms with E-state index in [1.54, 1.807) is 6.07 Å². The summed E-state index contributed by atoms with van der Waals surface area (Å²) in [7, 11) is -3.08. The van der Waals surface area contributed by atoms with E-state index in [4.69, 9.17) is 0 Å². The van der Waals surface area contributed by atoms with E-state index in [1.807, 2.05) is 0 Å². The zero-order valence-corrected chi connectivity index (χ0v) is 12.6. The Labute approximate surface area is 123 Å². The van der Waals surface area contributed by atoms with Gasteiger partial charge in [0, 0.05) is 18.0 Å². The van der Waals surface area contributed by atoms with Crippen molar-refractivity contribution in [3.63, 3.8) is 0 Å². The molecule has 21 heavy (non-hydrogen) atoms. The fraction of sp³-hybridized carbons (Fsp3) is 0.500. The van der Waals surface area contributed by atoms with Gasteiger partial charge in [-0.05, 0) is 37.5 Å². The first kappa shape index (κ1) is 15.8. The molecule has 1 aliphatic rings. The maximum atomic E-state index is 13.0. The minimum Gasteiger partial charge on any atom is -0.335 e. The highest BCUT2D eigenvalue weighted by Gasteiger charge is 2.29.